The van der Waals surface area contributed by atoms with Crippen molar-refractivity contribution in [3.63, 3.8) is 0 Å². The van der Waals surface area contributed by atoms with Crippen LogP contribution in [0, 0.1) is 11.2 Å². The van der Waals surface area contributed by atoms with Crippen molar-refractivity contribution < 1.29 is 9.18 Å². The lowest BCUT2D eigenvalue weighted by Gasteiger charge is -2.19. The molecule has 0 aliphatic carbocycles. The van der Waals surface area contributed by atoms with Crippen LogP contribution in [-0.4, -0.2) is 5.91 Å². The van der Waals surface area contributed by atoms with Crippen LogP contribution in [0.15, 0.2) is 48.5 Å². The van der Waals surface area contributed by atoms with Gasteiger partial charge in [-0.2, -0.15) is 0 Å². The summed E-state index contributed by atoms with van der Waals surface area (Å²) in [5.41, 5.74) is 1.68. The smallest absolute Gasteiger partial charge is 0.229 e. The Labute approximate surface area is 118 Å². The number of hydrogen-bond acceptors (Lipinski definition) is 1. The van der Waals surface area contributed by atoms with Crippen LogP contribution in [0.5, 0.6) is 0 Å². The molecule has 0 atom stereocenters. The first kappa shape index (κ1) is 14.3. The number of amides is 1. The second-order valence-corrected chi connectivity index (χ2v) is 5.76. The largest absolute Gasteiger partial charge is 0.325 e. The molecular weight excluding hydrogens is 253 g/mol. The fraction of sp³-hybridized carbons (Fsp3) is 0.235. The minimum Gasteiger partial charge on any atom is -0.325 e. The van der Waals surface area contributed by atoms with Crippen molar-refractivity contribution in [2.75, 3.05) is 5.32 Å². The van der Waals surface area contributed by atoms with Gasteiger partial charge in [0, 0.05) is 16.7 Å². The van der Waals surface area contributed by atoms with Gasteiger partial charge in [0.25, 0.3) is 0 Å². The van der Waals surface area contributed by atoms with E-state index >= 15 is 0 Å². The van der Waals surface area contributed by atoms with Crippen molar-refractivity contribution in [1.29, 1.82) is 0 Å². The monoisotopic (exact) mass is 271 g/mol. The Morgan fingerprint density at radius 2 is 1.70 bits per heavy atom. The van der Waals surface area contributed by atoms with Gasteiger partial charge in [-0.25, -0.2) is 4.39 Å². The number of nitrogens with one attached hydrogen (secondary N) is 1. The molecule has 1 amide bonds. The normalized spacial score (nSPS) is 11.2. The molecule has 3 heteroatoms. The van der Waals surface area contributed by atoms with Crippen molar-refractivity contribution in [2.24, 2.45) is 5.41 Å². The van der Waals surface area contributed by atoms with E-state index in [9.17, 15) is 9.18 Å². The molecule has 0 unspecified atom stereocenters. The molecule has 104 valence electrons. The van der Waals surface area contributed by atoms with Crippen molar-refractivity contribution >= 4 is 11.6 Å². The number of hydrogen-bond donors (Lipinski definition) is 1. The maximum Gasteiger partial charge on any atom is 0.229 e. The molecule has 0 saturated heterocycles. The summed E-state index contributed by atoms with van der Waals surface area (Å²) < 4.78 is 13.5. The van der Waals surface area contributed by atoms with Crippen molar-refractivity contribution in [1.82, 2.24) is 0 Å². The molecule has 1 N–H and O–H groups in total. The van der Waals surface area contributed by atoms with Gasteiger partial charge in [0.1, 0.15) is 5.82 Å². The summed E-state index contributed by atoms with van der Waals surface area (Å²) in [7, 11) is 0. The first-order valence-electron chi connectivity index (χ1n) is 6.54. The zero-order valence-corrected chi connectivity index (χ0v) is 11.9. The van der Waals surface area contributed by atoms with E-state index in [0.717, 1.165) is 5.56 Å². The predicted molar refractivity (Wildman–Crippen MR) is 79.9 cm³/mol. The summed E-state index contributed by atoms with van der Waals surface area (Å²) in [6.45, 7) is 5.52. The molecule has 0 radical (unpaired) electrons. The van der Waals surface area contributed by atoms with E-state index in [2.05, 4.69) is 5.32 Å². The third-order valence-electron chi connectivity index (χ3n) is 3.00. The molecule has 0 spiro atoms. The van der Waals surface area contributed by atoms with Gasteiger partial charge in [-0.1, -0.05) is 51.1 Å². The molecule has 0 aromatic heterocycles. The topological polar surface area (TPSA) is 29.1 Å². The SMILES string of the molecule is CC(C)(C)C(=O)Nc1ccc(F)cc1-c1ccccc1. The fourth-order valence-corrected chi connectivity index (χ4v) is 1.79. The van der Waals surface area contributed by atoms with Crippen LogP contribution in [0.25, 0.3) is 11.1 Å². The zero-order chi connectivity index (χ0) is 14.8. The average Bonchev–Trinajstić information content (AvgIpc) is 2.40. The van der Waals surface area contributed by atoms with Gasteiger partial charge in [0.05, 0.1) is 0 Å². The quantitative estimate of drug-likeness (QED) is 0.857. The number of carbonyl (C=O) groups is 1. The van der Waals surface area contributed by atoms with Crippen LogP contribution in [-0.2, 0) is 4.79 Å². The van der Waals surface area contributed by atoms with Gasteiger partial charge in [0.2, 0.25) is 5.91 Å². The molecule has 0 fully saturated rings. The van der Waals surface area contributed by atoms with E-state index in [4.69, 9.17) is 0 Å². The summed E-state index contributed by atoms with van der Waals surface area (Å²) in [6, 6.07) is 13.8. The van der Waals surface area contributed by atoms with Crippen molar-refractivity contribution in [3.05, 3.63) is 54.3 Å². The Hall–Kier alpha value is -2.16. The second-order valence-electron chi connectivity index (χ2n) is 5.76. The number of halogens is 1. The first-order valence-corrected chi connectivity index (χ1v) is 6.54. The molecule has 0 aliphatic rings. The van der Waals surface area contributed by atoms with E-state index in [1.807, 2.05) is 51.1 Å². The molecule has 20 heavy (non-hydrogen) atoms. The van der Waals surface area contributed by atoms with Crippen LogP contribution < -0.4 is 5.32 Å². The Balaban J connectivity index is 2.42. The lowest BCUT2D eigenvalue weighted by molar-refractivity contribution is -0.123. The molecule has 2 rings (SSSR count). The summed E-state index contributed by atoms with van der Waals surface area (Å²) in [5, 5.41) is 2.87. The van der Waals surface area contributed by atoms with E-state index in [1.165, 1.54) is 12.1 Å². The van der Waals surface area contributed by atoms with Gasteiger partial charge in [0.15, 0.2) is 0 Å². The summed E-state index contributed by atoms with van der Waals surface area (Å²) in [4.78, 5) is 12.1. The van der Waals surface area contributed by atoms with Gasteiger partial charge in [-0.05, 0) is 23.8 Å². The Morgan fingerprint density at radius 3 is 2.30 bits per heavy atom. The summed E-state index contributed by atoms with van der Waals surface area (Å²) >= 11 is 0. The van der Waals surface area contributed by atoms with Gasteiger partial charge in [-0.3, -0.25) is 4.79 Å². The van der Waals surface area contributed by atoms with Crippen LogP contribution >= 0.6 is 0 Å². The highest BCUT2D eigenvalue weighted by atomic mass is 19.1. The van der Waals surface area contributed by atoms with E-state index in [-0.39, 0.29) is 11.7 Å². The Bertz CT molecular complexity index is 615. The van der Waals surface area contributed by atoms with E-state index in [1.54, 1.807) is 6.07 Å². The second kappa shape index (κ2) is 5.45. The molecule has 0 bridgehead atoms. The number of rotatable bonds is 2. The minimum atomic E-state index is -0.498. The predicted octanol–water partition coefficient (Wildman–Crippen LogP) is 4.48. The molecule has 2 nitrogen and oxygen atoms in total. The highest BCUT2D eigenvalue weighted by Gasteiger charge is 2.22. The molecular formula is C17H18FNO. The van der Waals surface area contributed by atoms with Crippen molar-refractivity contribution in [2.45, 2.75) is 20.8 Å². The van der Waals surface area contributed by atoms with Crippen LogP contribution in [0.3, 0.4) is 0 Å². The highest BCUT2D eigenvalue weighted by molar-refractivity contribution is 5.98. The van der Waals surface area contributed by atoms with E-state index in [0.29, 0.717) is 11.3 Å². The molecule has 0 heterocycles. The molecule has 2 aromatic rings. The minimum absolute atomic E-state index is 0.0960. The Kier molecular flexibility index (Phi) is 3.89. The van der Waals surface area contributed by atoms with Crippen LogP contribution in [0.4, 0.5) is 10.1 Å². The number of anilines is 1. The zero-order valence-electron chi connectivity index (χ0n) is 11.9. The molecule has 0 saturated carbocycles. The standard InChI is InChI=1S/C17H18FNO/c1-17(2,3)16(20)19-15-10-9-13(18)11-14(15)12-7-5-4-6-8-12/h4-11H,1-3H3,(H,19,20). The first-order chi connectivity index (χ1) is 9.38. The number of benzene rings is 2. The summed E-state index contributed by atoms with van der Waals surface area (Å²) in [5.74, 6) is -0.418. The lowest BCUT2D eigenvalue weighted by atomic mass is 9.95. The van der Waals surface area contributed by atoms with Crippen molar-refractivity contribution in [3.8, 4) is 11.1 Å². The van der Waals surface area contributed by atoms with Crippen LogP contribution in [0.1, 0.15) is 20.8 Å². The fourth-order valence-electron chi connectivity index (χ4n) is 1.79. The van der Waals surface area contributed by atoms with Crippen LogP contribution in [0.2, 0.25) is 0 Å². The third-order valence-corrected chi connectivity index (χ3v) is 3.00. The third kappa shape index (κ3) is 3.23. The lowest BCUT2D eigenvalue weighted by Crippen LogP contribution is -2.27. The summed E-state index contributed by atoms with van der Waals surface area (Å²) in [6.07, 6.45) is 0. The maximum absolute atomic E-state index is 13.5. The molecule has 0 aliphatic heterocycles. The molecule has 2 aromatic carbocycles. The van der Waals surface area contributed by atoms with Gasteiger partial charge >= 0.3 is 0 Å². The van der Waals surface area contributed by atoms with E-state index < -0.39 is 5.41 Å². The highest BCUT2D eigenvalue weighted by Crippen LogP contribution is 2.30. The average molecular weight is 271 g/mol. The number of carbonyl (C=O) groups excluding carboxylic acids is 1. The Morgan fingerprint density at radius 1 is 1.05 bits per heavy atom. The maximum atomic E-state index is 13.5. The van der Waals surface area contributed by atoms with Gasteiger partial charge < -0.3 is 5.32 Å². The van der Waals surface area contributed by atoms with Gasteiger partial charge in [-0.15, -0.1) is 0 Å².